The molecule has 2 rings (SSSR count). The first-order valence-electron chi connectivity index (χ1n) is 8.51. The Bertz CT molecular complexity index is 1070. The van der Waals surface area contributed by atoms with Crippen LogP contribution in [0.3, 0.4) is 0 Å². The lowest BCUT2D eigenvalue weighted by Crippen LogP contribution is -2.45. The van der Waals surface area contributed by atoms with Gasteiger partial charge in [0.15, 0.2) is 0 Å². The minimum absolute atomic E-state index is 0.0616. The Morgan fingerprint density at radius 3 is 2.27 bits per heavy atom. The van der Waals surface area contributed by atoms with E-state index >= 15 is 0 Å². The van der Waals surface area contributed by atoms with Crippen molar-refractivity contribution in [1.82, 2.24) is 0 Å². The van der Waals surface area contributed by atoms with Crippen LogP contribution in [0.25, 0.3) is 0 Å². The van der Waals surface area contributed by atoms with Crippen LogP contribution in [0.5, 0.6) is 5.75 Å². The largest absolute Gasteiger partial charge is 0.495 e. The molecule has 1 amide bonds. The maximum atomic E-state index is 12.8. The lowest BCUT2D eigenvalue weighted by molar-refractivity contribution is -0.116. The first-order valence-corrected chi connectivity index (χ1v) is 11.1. The molecule has 2 aromatic carbocycles. The number of halogens is 2. The highest BCUT2D eigenvalue weighted by atomic mass is 35.5. The number of ether oxygens (including phenoxy) is 2. The van der Waals surface area contributed by atoms with Gasteiger partial charge in [0, 0.05) is 5.69 Å². The molecule has 11 heteroatoms. The Labute approximate surface area is 184 Å². The van der Waals surface area contributed by atoms with Gasteiger partial charge in [0.05, 0.1) is 41.8 Å². The topological polar surface area (TPSA) is 102 Å². The smallest absolute Gasteiger partial charge is 0.339 e. The third-order valence-corrected chi connectivity index (χ3v) is 5.98. The Morgan fingerprint density at radius 1 is 1.07 bits per heavy atom. The number of carbonyl (C=O) groups is 2. The molecule has 0 aliphatic rings. The summed E-state index contributed by atoms with van der Waals surface area (Å²) in [6, 6.07) is 7.48. The summed E-state index contributed by atoms with van der Waals surface area (Å²) >= 11 is 12.1. The summed E-state index contributed by atoms with van der Waals surface area (Å²) in [4.78, 5) is 24.6. The van der Waals surface area contributed by atoms with Crippen molar-refractivity contribution in [3.8, 4) is 5.75 Å². The minimum atomic E-state index is -3.85. The Hall–Kier alpha value is -2.49. The van der Waals surface area contributed by atoms with E-state index in [-0.39, 0.29) is 27.0 Å². The van der Waals surface area contributed by atoms with Gasteiger partial charge in [0.1, 0.15) is 11.8 Å². The summed E-state index contributed by atoms with van der Waals surface area (Å²) in [5.41, 5.74) is 0.502. The van der Waals surface area contributed by atoms with Crippen LogP contribution in [-0.2, 0) is 19.6 Å². The zero-order valence-corrected chi connectivity index (χ0v) is 18.9. The summed E-state index contributed by atoms with van der Waals surface area (Å²) in [5, 5.41) is 2.92. The summed E-state index contributed by atoms with van der Waals surface area (Å²) in [6.07, 6.45) is 0.979. The second-order valence-electron chi connectivity index (χ2n) is 6.23. The number of amides is 1. The number of rotatable bonds is 7. The number of nitrogens with one attached hydrogen (secondary N) is 1. The number of hydrogen-bond acceptors (Lipinski definition) is 6. The number of methoxy groups -OCH3 is 2. The fraction of sp³-hybridized carbons (Fsp3) is 0.263. The van der Waals surface area contributed by atoms with Crippen molar-refractivity contribution < 1.29 is 27.5 Å². The third-order valence-electron chi connectivity index (χ3n) is 4.12. The van der Waals surface area contributed by atoms with Gasteiger partial charge in [-0.3, -0.25) is 9.10 Å². The van der Waals surface area contributed by atoms with Crippen LogP contribution in [-0.4, -0.2) is 46.8 Å². The SMILES string of the molecule is COC(=O)c1cc(NC(=O)[C@H](C)N(c2ccc(OC)c(Cl)c2)S(C)(=O)=O)ccc1Cl. The van der Waals surface area contributed by atoms with Gasteiger partial charge in [-0.1, -0.05) is 23.2 Å². The molecule has 1 atom stereocenters. The number of benzene rings is 2. The lowest BCUT2D eigenvalue weighted by Gasteiger charge is -2.28. The number of hydrogen-bond donors (Lipinski definition) is 1. The Balaban J connectivity index is 2.35. The predicted octanol–water partition coefficient (Wildman–Crippen LogP) is 3.58. The lowest BCUT2D eigenvalue weighted by atomic mass is 10.2. The Morgan fingerprint density at radius 2 is 1.73 bits per heavy atom. The van der Waals surface area contributed by atoms with E-state index in [1.54, 1.807) is 0 Å². The molecule has 1 N–H and O–H groups in total. The number of esters is 1. The van der Waals surface area contributed by atoms with Gasteiger partial charge in [-0.05, 0) is 43.3 Å². The predicted molar refractivity (Wildman–Crippen MR) is 116 cm³/mol. The average Bonchev–Trinajstić information content (AvgIpc) is 2.68. The molecule has 0 aliphatic carbocycles. The van der Waals surface area contributed by atoms with Crippen LogP contribution >= 0.6 is 23.2 Å². The molecule has 0 fully saturated rings. The van der Waals surface area contributed by atoms with Crippen LogP contribution in [0.15, 0.2) is 36.4 Å². The van der Waals surface area contributed by atoms with Gasteiger partial charge >= 0.3 is 5.97 Å². The quantitative estimate of drug-likeness (QED) is 0.615. The fourth-order valence-corrected chi connectivity index (χ4v) is 4.33. The molecule has 0 heterocycles. The van der Waals surface area contributed by atoms with Crippen LogP contribution in [0.1, 0.15) is 17.3 Å². The average molecular weight is 475 g/mol. The number of anilines is 2. The molecular weight excluding hydrogens is 455 g/mol. The fourth-order valence-electron chi connectivity index (χ4n) is 2.72. The molecule has 0 aliphatic heterocycles. The first kappa shape index (κ1) is 23.8. The van der Waals surface area contributed by atoms with Crippen LogP contribution in [0.4, 0.5) is 11.4 Å². The number of nitrogens with zero attached hydrogens (tertiary/aromatic N) is 1. The molecule has 30 heavy (non-hydrogen) atoms. The molecule has 0 bridgehead atoms. The van der Waals surface area contributed by atoms with E-state index in [9.17, 15) is 18.0 Å². The van der Waals surface area contributed by atoms with Gasteiger partial charge in [-0.2, -0.15) is 0 Å². The number of carbonyl (C=O) groups excluding carboxylic acids is 2. The molecule has 0 spiro atoms. The zero-order valence-electron chi connectivity index (χ0n) is 16.6. The van der Waals surface area contributed by atoms with Gasteiger partial charge in [0.25, 0.3) is 0 Å². The van der Waals surface area contributed by atoms with E-state index in [1.807, 2.05) is 0 Å². The molecule has 0 saturated heterocycles. The van der Waals surface area contributed by atoms with Crippen LogP contribution in [0.2, 0.25) is 10.0 Å². The van der Waals surface area contributed by atoms with E-state index in [1.165, 1.54) is 57.5 Å². The van der Waals surface area contributed by atoms with E-state index in [2.05, 4.69) is 10.1 Å². The van der Waals surface area contributed by atoms with Gasteiger partial charge < -0.3 is 14.8 Å². The van der Waals surface area contributed by atoms with E-state index < -0.39 is 27.9 Å². The molecule has 2 aromatic rings. The summed E-state index contributed by atoms with van der Waals surface area (Å²) in [7, 11) is -1.21. The van der Waals surface area contributed by atoms with Gasteiger partial charge in [-0.25, -0.2) is 13.2 Å². The molecule has 162 valence electrons. The van der Waals surface area contributed by atoms with Crippen molar-refractivity contribution in [2.24, 2.45) is 0 Å². The molecule has 0 aromatic heterocycles. The maximum Gasteiger partial charge on any atom is 0.339 e. The highest BCUT2D eigenvalue weighted by molar-refractivity contribution is 7.92. The third kappa shape index (κ3) is 5.35. The molecular formula is C19H20Cl2N2O6S. The summed E-state index contributed by atoms with van der Waals surface area (Å²) in [5.74, 6) is -0.942. The van der Waals surface area contributed by atoms with E-state index in [4.69, 9.17) is 27.9 Å². The van der Waals surface area contributed by atoms with E-state index in [0.717, 1.165) is 10.6 Å². The second-order valence-corrected chi connectivity index (χ2v) is 8.90. The van der Waals surface area contributed by atoms with Crippen LogP contribution < -0.4 is 14.4 Å². The Kier molecular flexibility index (Phi) is 7.57. The zero-order chi connectivity index (χ0) is 22.6. The van der Waals surface area contributed by atoms with Crippen molar-refractivity contribution in [2.75, 3.05) is 30.1 Å². The summed E-state index contributed by atoms with van der Waals surface area (Å²) in [6.45, 7) is 1.42. The molecule has 0 radical (unpaired) electrons. The maximum absolute atomic E-state index is 12.8. The highest BCUT2D eigenvalue weighted by Gasteiger charge is 2.30. The highest BCUT2D eigenvalue weighted by Crippen LogP contribution is 2.31. The molecule has 0 saturated carbocycles. The minimum Gasteiger partial charge on any atom is -0.495 e. The summed E-state index contributed by atoms with van der Waals surface area (Å²) < 4.78 is 35.5. The second kappa shape index (κ2) is 9.55. The molecule has 0 unspecified atom stereocenters. The normalized spacial score (nSPS) is 12.1. The standard InChI is InChI=1S/C19H20Cl2N2O6S/c1-11(18(24)22-12-5-7-15(20)14(9-12)19(25)29-3)23(30(4,26)27)13-6-8-17(28-2)16(21)10-13/h5-11H,1-4H3,(H,22,24)/t11-/m0/s1. The van der Waals surface area contributed by atoms with Gasteiger partial charge in [-0.15, -0.1) is 0 Å². The van der Waals surface area contributed by atoms with E-state index in [0.29, 0.717) is 5.75 Å². The van der Waals surface area contributed by atoms with Crippen molar-refractivity contribution in [2.45, 2.75) is 13.0 Å². The van der Waals surface area contributed by atoms with Crippen molar-refractivity contribution in [3.05, 3.63) is 52.0 Å². The monoisotopic (exact) mass is 474 g/mol. The van der Waals surface area contributed by atoms with Crippen molar-refractivity contribution in [1.29, 1.82) is 0 Å². The first-order chi connectivity index (χ1) is 14.0. The van der Waals surface area contributed by atoms with Crippen molar-refractivity contribution >= 4 is 56.5 Å². The van der Waals surface area contributed by atoms with Gasteiger partial charge in [0.2, 0.25) is 15.9 Å². The van der Waals surface area contributed by atoms with Crippen LogP contribution in [0, 0.1) is 0 Å². The number of sulfonamides is 1. The molecule has 8 nitrogen and oxygen atoms in total. The van der Waals surface area contributed by atoms with Crippen molar-refractivity contribution in [3.63, 3.8) is 0 Å².